The van der Waals surface area contributed by atoms with Crippen LogP contribution in [0, 0.1) is 5.92 Å². The van der Waals surface area contributed by atoms with E-state index in [2.05, 4.69) is 15.3 Å². The molecule has 1 aromatic heterocycles. The first kappa shape index (κ1) is 12.2. The number of aliphatic hydroxyl groups is 1. The van der Waals surface area contributed by atoms with Crippen molar-refractivity contribution in [3.05, 3.63) is 30.1 Å². The lowest BCUT2D eigenvalue weighted by Gasteiger charge is -2.10. The van der Waals surface area contributed by atoms with Crippen molar-refractivity contribution < 1.29 is 9.90 Å². The van der Waals surface area contributed by atoms with E-state index in [1.54, 1.807) is 18.5 Å². The van der Waals surface area contributed by atoms with Crippen molar-refractivity contribution in [2.75, 3.05) is 6.54 Å². The maximum Gasteiger partial charge on any atom is 0.251 e. The molecule has 0 bridgehead atoms. The average molecular weight is 259 g/mol. The van der Waals surface area contributed by atoms with Gasteiger partial charge in [0.2, 0.25) is 0 Å². The topological polar surface area (TPSA) is 78.0 Å². The zero-order valence-electron chi connectivity index (χ0n) is 10.6. The minimum Gasteiger partial charge on any atom is -0.393 e. The Kier molecular flexibility index (Phi) is 3.21. The minimum atomic E-state index is -0.191. The molecule has 1 aliphatic carbocycles. The van der Waals surface area contributed by atoms with Gasteiger partial charge in [-0.05, 0) is 43.4 Å². The summed E-state index contributed by atoms with van der Waals surface area (Å²) < 4.78 is 0. The molecule has 2 atom stereocenters. The molecule has 1 aromatic carbocycles. The monoisotopic (exact) mass is 259 g/mol. The van der Waals surface area contributed by atoms with Crippen LogP contribution in [0.4, 0.5) is 0 Å². The molecule has 19 heavy (non-hydrogen) atoms. The summed E-state index contributed by atoms with van der Waals surface area (Å²) >= 11 is 0. The quantitative estimate of drug-likeness (QED) is 0.780. The van der Waals surface area contributed by atoms with Gasteiger partial charge in [0, 0.05) is 12.1 Å². The number of imidazole rings is 1. The van der Waals surface area contributed by atoms with Gasteiger partial charge in [0.25, 0.3) is 5.91 Å². The van der Waals surface area contributed by atoms with Gasteiger partial charge >= 0.3 is 0 Å². The summed E-state index contributed by atoms with van der Waals surface area (Å²) in [7, 11) is 0. The molecule has 0 radical (unpaired) electrons. The molecule has 1 amide bonds. The summed E-state index contributed by atoms with van der Waals surface area (Å²) in [5.74, 6) is 0.327. The minimum absolute atomic E-state index is 0.0714. The number of rotatable bonds is 3. The van der Waals surface area contributed by atoms with Crippen LogP contribution in [0.25, 0.3) is 11.0 Å². The normalized spacial score (nSPS) is 22.8. The first-order chi connectivity index (χ1) is 9.22. The van der Waals surface area contributed by atoms with E-state index in [1.807, 2.05) is 6.07 Å². The molecule has 2 unspecified atom stereocenters. The van der Waals surface area contributed by atoms with Crippen molar-refractivity contribution >= 4 is 16.9 Å². The SMILES string of the molecule is O=C(NCC1CCC(O)C1)c1ccc2nc[nH]c2c1. The molecular weight excluding hydrogens is 242 g/mol. The number of aliphatic hydroxyl groups excluding tert-OH is 1. The first-order valence-corrected chi connectivity index (χ1v) is 6.62. The van der Waals surface area contributed by atoms with Gasteiger partial charge in [0.05, 0.1) is 23.5 Å². The van der Waals surface area contributed by atoms with Crippen molar-refractivity contribution in [1.29, 1.82) is 0 Å². The second kappa shape index (κ2) is 5.01. The highest BCUT2D eigenvalue weighted by Gasteiger charge is 2.23. The smallest absolute Gasteiger partial charge is 0.251 e. The predicted molar refractivity (Wildman–Crippen MR) is 71.8 cm³/mol. The Morgan fingerprint density at radius 2 is 2.37 bits per heavy atom. The van der Waals surface area contributed by atoms with E-state index >= 15 is 0 Å². The zero-order valence-corrected chi connectivity index (χ0v) is 10.6. The van der Waals surface area contributed by atoms with Crippen molar-refractivity contribution in [3.8, 4) is 0 Å². The summed E-state index contributed by atoms with van der Waals surface area (Å²) in [5.41, 5.74) is 2.36. The van der Waals surface area contributed by atoms with Crippen molar-refractivity contribution in [3.63, 3.8) is 0 Å². The van der Waals surface area contributed by atoms with Crippen molar-refractivity contribution in [2.24, 2.45) is 5.92 Å². The number of H-pyrrole nitrogens is 1. The van der Waals surface area contributed by atoms with Crippen LogP contribution in [0.2, 0.25) is 0 Å². The Bertz CT molecular complexity index is 593. The fourth-order valence-electron chi connectivity index (χ4n) is 2.65. The number of aromatic nitrogens is 2. The standard InChI is InChI=1S/C14H17N3O2/c18-11-3-1-9(5-11)7-15-14(19)10-2-4-12-13(6-10)17-8-16-12/h2,4,6,8-9,11,18H,1,3,5,7H2,(H,15,19)(H,16,17). The predicted octanol–water partition coefficient (Wildman–Crippen LogP) is 1.45. The van der Waals surface area contributed by atoms with E-state index in [4.69, 9.17) is 0 Å². The summed E-state index contributed by atoms with van der Waals surface area (Å²) in [4.78, 5) is 19.2. The van der Waals surface area contributed by atoms with E-state index in [-0.39, 0.29) is 12.0 Å². The molecular formula is C14H17N3O2. The summed E-state index contributed by atoms with van der Waals surface area (Å²) in [6.45, 7) is 0.636. The maximum absolute atomic E-state index is 12.0. The lowest BCUT2D eigenvalue weighted by Crippen LogP contribution is -2.28. The Hall–Kier alpha value is -1.88. The van der Waals surface area contributed by atoms with E-state index < -0.39 is 0 Å². The van der Waals surface area contributed by atoms with E-state index in [1.165, 1.54) is 0 Å². The molecule has 1 aliphatic rings. The molecule has 0 aliphatic heterocycles. The number of aromatic amines is 1. The van der Waals surface area contributed by atoms with Crippen LogP contribution in [-0.4, -0.2) is 33.6 Å². The van der Waals surface area contributed by atoms with Gasteiger partial charge < -0.3 is 15.4 Å². The first-order valence-electron chi connectivity index (χ1n) is 6.62. The third-order valence-electron chi connectivity index (χ3n) is 3.75. The molecule has 3 N–H and O–H groups in total. The Morgan fingerprint density at radius 3 is 3.16 bits per heavy atom. The lowest BCUT2D eigenvalue weighted by atomic mass is 10.1. The van der Waals surface area contributed by atoms with Crippen LogP contribution in [0.3, 0.4) is 0 Å². The zero-order chi connectivity index (χ0) is 13.2. The number of hydrogen-bond acceptors (Lipinski definition) is 3. The highest BCUT2D eigenvalue weighted by Crippen LogP contribution is 2.24. The number of amides is 1. The molecule has 1 fully saturated rings. The van der Waals surface area contributed by atoms with Gasteiger partial charge in [-0.1, -0.05) is 0 Å². The molecule has 3 rings (SSSR count). The highest BCUT2D eigenvalue weighted by atomic mass is 16.3. The second-order valence-corrected chi connectivity index (χ2v) is 5.18. The van der Waals surface area contributed by atoms with Gasteiger partial charge in [-0.25, -0.2) is 4.98 Å². The summed E-state index contributed by atoms with van der Waals surface area (Å²) in [6.07, 6.45) is 4.05. The van der Waals surface area contributed by atoms with Crippen LogP contribution >= 0.6 is 0 Å². The Balaban J connectivity index is 1.63. The number of fused-ring (bicyclic) bond motifs is 1. The number of hydrogen-bond donors (Lipinski definition) is 3. The molecule has 0 saturated heterocycles. The third kappa shape index (κ3) is 2.61. The molecule has 1 heterocycles. The number of carbonyl (C=O) groups is 1. The Morgan fingerprint density at radius 1 is 1.47 bits per heavy atom. The number of carbonyl (C=O) groups excluding carboxylic acids is 1. The molecule has 5 nitrogen and oxygen atoms in total. The van der Waals surface area contributed by atoms with Crippen LogP contribution in [0.5, 0.6) is 0 Å². The van der Waals surface area contributed by atoms with Gasteiger partial charge in [0.1, 0.15) is 0 Å². The second-order valence-electron chi connectivity index (χ2n) is 5.18. The van der Waals surface area contributed by atoms with E-state index in [9.17, 15) is 9.90 Å². The highest BCUT2D eigenvalue weighted by molar-refractivity contribution is 5.97. The van der Waals surface area contributed by atoms with Crippen molar-refractivity contribution in [1.82, 2.24) is 15.3 Å². The molecule has 2 aromatic rings. The van der Waals surface area contributed by atoms with E-state index in [0.29, 0.717) is 18.0 Å². The third-order valence-corrected chi connectivity index (χ3v) is 3.75. The van der Waals surface area contributed by atoms with Crippen molar-refractivity contribution in [2.45, 2.75) is 25.4 Å². The maximum atomic E-state index is 12.0. The molecule has 1 saturated carbocycles. The number of benzene rings is 1. The van der Waals surface area contributed by atoms with Gasteiger partial charge in [-0.15, -0.1) is 0 Å². The van der Waals surface area contributed by atoms with Gasteiger partial charge in [-0.2, -0.15) is 0 Å². The molecule has 5 heteroatoms. The number of nitrogens with one attached hydrogen (secondary N) is 2. The lowest BCUT2D eigenvalue weighted by molar-refractivity contribution is 0.0945. The van der Waals surface area contributed by atoms with Crippen LogP contribution < -0.4 is 5.32 Å². The molecule has 100 valence electrons. The van der Waals surface area contributed by atoms with Crippen LogP contribution in [0.15, 0.2) is 24.5 Å². The van der Waals surface area contributed by atoms with Crippen LogP contribution in [-0.2, 0) is 0 Å². The molecule has 0 spiro atoms. The fraction of sp³-hybridized carbons (Fsp3) is 0.429. The largest absolute Gasteiger partial charge is 0.393 e. The summed E-state index contributed by atoms with van der Waals surface area (Å²) in [5, 5.41) is 12.4. The van der Waals surface area contributed by atoms with Gasteiger partial charge in [-0.3, -0.25) is 4.79 Å². The van der Waals surface area contributed by atoms with Gasteiger partial charge in [0.15, 0.2) is 0 Å². The fourth-order valence-corrected chi connectivity index (χ4v) is 2.65. The number of nitrogens with zero attached hydrogens (tertiary/aromatic N) is 1. The Labute approximate surface area is 111 Å². The summed E-state index contributed by atoms with van der Waals surface area (Å²) in [6, 6.07) is 5.42. The van der Waals surface area contributed by atoms with E-state index in [0.717, 1.165) is 30.3 Å². The van der Waals surface area contributed by atoms with Crippen LogP contribution in [0.1, 0.15) is 29.6 Å². The average Bonchev–Trinajstić information content (AvgIpc) is 3.03.